The fourth-order valence-electron chi connectivity index (χ4n) is 2.88. The van der Waals surface area contributed by atoms with Crippen LogP contribution in [0.4, 0.5) is 0 Å². The largest absolute Gasteiger partial charge is 0.421 e. The van der Waals surface area contributed by atoms with Gasteiger partial charge in [0.1, 0.15) is 10.8 Å². The van der Waals surface area contributed by atoms with Gasteiger partial charge in [-0.2, -0.15) is 15.1 Å². The summed E-state index contributed by atoms with van der Waals surface area (Å²) >= 11 is 7.58. The SMILES string of the molecule is CCC1=NN2C(=N)/C(=C/c3ccc(OC(=O)c4ccc(C)cc4)c(Cl)c3)C(=O)N=C2S1. The van der Waals surface area contributed by atoms with Crippen LogP contribution in [0.3, 0.4) is 0 Å². The molecule has 2 aliphatic rings. The Bertz CT molecular complexity index is 1200. The second kappa shape index (κ2) is 8.49. The van der Waals surface area contributed by atoms with Crippen LogP contribution in [0.5, 0.6) is 5.75 Å². The lowest BCUT2D eigenvalue weighted by atomic mass is 10.1. The van der Waals surface area contributed by atoms with Crippen LogP contribution in [0.25, 0.3) is 6.08 Å². The molecule has 0 bridgehead atoms. The first kappa shape index (κ1) is 21.0. The van der Waals surface area contributed by atoms with Gasteiger partial charge in [0.2, 0.25) is 5.17 Å². The zero-order chi connectivity index (χ0) is 22.1. The van der Waals surface area contributed by atoms with E-state index in [4.69, 9.17) is 21.7 Å². The summed E-state index contributed by atoms with van der Waals surface area (Å²) in [5.41, 5.74) is 2.12. The molecule has 0 aliphatic carbocycles. The predicted octanol–water partition coefficient (Wildman–Crippen LogP) is 4.90. The summed E-state index contributed by atoms with van der Waals surface area (Å²) in [6.45, 7) is 3.88. The molecule has 31 heavy (non-hydrogen) atoms. The Labute approximate surface area is 188 Å². The predicted molar refractivity (Wildman–Crippen MR) is 123 cm³/mol. The normalized spacial score (nSPS) is 16.9. The van der Waals surface area contributed by atoms with E-state index in [9.17, 15) is 9.59 Å². The lowest BCUT2D eigenvalue weighted by Crippen LogP contribution is -2.35. The smallest absolute Gasteiger partial charge is 0.343 e. The number of hydrazone groups is 1. The van der Waals surface area contributed by atoms with Crippen LogP contribution in [0, 0.1) is 12.3 Å². The molecule has 0 saturated carbocycles. The highest BCUT2D eigenvalue weighted by Crippen LogP contribution is 2.31. The van der Waals surface area contributed by atoms with Gasteiger partial charge >= 0.3 is 5.97 Å². The van der Waals surface area contributed by atoms with E-state index in [0.29, 0.717) is 22.7 Å². The highest BCUT2D eigenvalue weighted by Gasteiger charge is 2.35. The van der Waals surface area contributed by atoms with Crippen molar-refractivity contribution < 1.29 is 14.3 Å². The van der Waals surface area contributed by atoms with Crippen molar-refractivity contribution in [3.8, 4) is 5.75 Å². The van der Waals surface area contributed by atoms with E-state index < -0.39 is 11.9 Å². The fourth-order valence-corrected chi connectivity index (χ4v) is 3.93. The molecule has 1 amide bonds. The van der Waals surface area contributed by atoms with E-state index in [1.54, 1.807) is 30.3 Å². The average Bonchev–Trinajstić information content (AvgIpc) is 3.16. The molecular formula is C22H17ClN4O3S. The number of nitrogens with one attached hydrogen (secondary N) is 1. The van der Waals surface area contributed by atoms with Crippen LogP contribution in [0.1, 0.15) is 34.8 Å². The Morgan fingerprint density at radius 1 is 1.26 bits per heavy atom. The van der Waals surface area contributed by atoms with Crippen molar-refractivity contribution in [2.75, 3.05) is 0 Å². The molecule has 1 N–H and O–H groups in total. The average molecular weight is 453 g/mol. The minimum absolute atomic E-state index is 0.0445. The summed E-state index contributed by atoms with van der Waals surface area (Å²) in [5.74, 6) is -0.873. The van der Waals surface area contributed by atoms with Gasteiger partial charge in [-0.25, -0.2) is 4.79 Å². The standard InChI is InChI=1S/C22H17ClN4O3S/c1-3-18-26-27-19(24)15(20(28)25-22(27)31-18)10-13-6-9-17(16(23)11-13)30-21(29)14-7-4-12(2)5-8-14/h4-11,24H,3H2,1-2H3/b15-10-,24-19?. The zero-order valence-electron chi connectivity index (χ0n) is 16.7. The summed E-state index contributed by atoms with van der Waals surface area (Å²) in [7, 11) is 0. The quantitative estimate of drug-likeness (QED) is 0.404. The fraction of sp³-hybridized carbons (Fsp3) is 0.136. The molecule has 0 saturated heterocycles. The number of thioether (sulfide) groups is 1. The van der Waals surface area contributed by atoms with E-state index >= 15 is 0 Å². The molecule has 0 unspecified atom stereocenters. The number of esters is 1. The molecule has 0 aromatic heterocycles. The molecule has 7 nitrogen and oxygen atoms in total. The molecule has 4 rings (SSSR count). The van der Waals surface area contributed by atoms with E-state index in [2.05, 4.69) is 10.1 Å². The number of halogens is 1. The molecule has 0 atom stereocenters. The van der Waals surface area contributed by atoms with Crippen LogP contribution in [0.15, 0.2) is 58.1 Å². The summed E-state index contributed by atoms with van der Waals surface area (Å²) in [5, 5.41) is 15.4. The van der Waals surface area contributed by atoms with Crippen molar-refractivity contribution in [2.24, 2.45) is 10.1 Å². The maximum absolute atomic E-state index is 12.4. The summed E-state index contributed by atoms with van der Waals surface area (Å²) in [4.78, 5) is 28.8. The van der Waals surface area contributed by atoms with Gasteiger partial charge in [-0.3, -0.25) is 10.2 Å². The van der Waals surface area contributed by atoms with E-state index in [-0.39, 0.29) is 22.2 Å². The topological polar surface area (TPSA) is 95.2 Å². The van der Waals surface area contributed by atoms with Gasteiger partial charge in [0.25, 0.3) is 5.91 Å². The van der Waals surface area contributed by atoms with Gasteiger partial charge in [-0.05, 0) is 61.0 Å². The minimum Gasteiger partial charge on any atom is -0.421 e. The Kier molecular flexibility index (Phi) is 5.75. The number of amides is 1. The first-order valence-electron chi connectivity index (χ1n) is 9.43. The van der Waals surface area contributed by atoms with Gasteiger partial charge in [0, 0.05) is 0 Å². The molecule has 2 heterocycles. The molecule has 0 spiro atoms. The van der Waals surface area contributed by atoms with Gasteiger partial charge in [-0.1, -0.05) is 42.3 Å². The third-order valence-corrected chi connectivity index (χ3v) is 5.90. The number of ether oxygens (including phenoxy) is 1. The molecule has 2 aromatic rings. The van der Waals surface area contributed by atoms with Crippen LogP contribution in [-0.2, 0) is 4.79 Å². The van der Waals surface area contributed by atoms with Gasteiger partial charge < -0.3 is 4.74 Å². The van der Waals surface area contributed by atoms with Crippen molar-refractivity contribution >= 4 is 57.4 Å². The Hall–Kier alpha value is -3.23. The van der Waals surface area contributed by atoms with Crippen LogP contribution >= 0.6 is 23.4 Å². The van der Waals surface area contributed by atoms with Crippen LogP contribution < -0.4 is 4.74 Å². The minimum atomic E-state index is -0.518. The first-order chi connectivity index (χ1) is 14.9. The summed E-state index contributed by atoms with van der Waals surface area (Å²) < 4.78 is 5.39. The van der Waals surface area contributed by atoms with Crippen molar-refractivity contribution in [3.63, 3.8) is 0 Å². The van der Waals surface area contributed by atoms with Crippen LogP contribution in [-0.4, -0.2) is 32.9 Å². The molecule has 0 radical (unpaired) electrons. The van der Waals surface area contributed by atoms with Gasteiger partial charge in [0.15, 0.2) is 5.84 Å². The summed E-state index contributed by atoms with van der Waals surface area (Å²) in [6, 6.07) is 11.8. The number of aliphatic imine (C=N–C) groups is 1. The van der Waals surface area contributed by atoms with E-state index in [1.807, 2.05) is 26.0 Å². The van der Waals surface area contributed by atoms with Crippen molar-refractivity contribution in [3.05, 3.63) is 69.8 Å². The highest BCUT2D eigenvalue weighted by molar-refractivity contribution is 8.26. The maximum Gasteiger partial charge on any atom is 0.343 e. The first-order valence-corrected chi connectivity index (χ1v) is 10.6. The third-order valence-electron chi connectivity index (χ3n) is 4.56. The van der Waals surface area contributed by atoms with Crippen molar-refractivity contribution in [1.82, 2.24) is 5.01 Å². The third kappa shape index (κ3) is 4.30. The molecular weight excluding hydrogens is 436 g/mol. The number of aryl methyl sites for hydroxylation is 1. The number of fused-ring (bicyclic) bond motifs is 1. The number of nitrogens with zero attached hydrogens (tertiary/aromatic N) is 3. The number of carbonyl (C=O) groups is 2. The number of amidine groups is 2. The van der Waals surface area contributed by atoms with Crippen LogP contribution in [0.2, 0.25) is 5.02 Å². The van der Waals surface area contributed by atoms with Crippen molar-refractivity contribution in [1.29, 1.82) is 5.41 Å². The Morgan fingerprint density at radius 2 is 2.00 bits per heavy atom. The zero-order valence-corrected chi connectivity index (χ0v) is 18.3. The number of hydrogen-bond donors (Lipinski definition) is 1. The van der Waals surface area contributed by atoms with E-state index in [0.717, 1.165) is 10.6 Å². The number of benzene rings is 2. The second-order valence-electron chi connectivity index (χ2n) is 6.81. The number of rotatable bonds is 4. The van der Waals surface area contributed by atoms with Gasteiger partial charge in [0.05, 0.1) is 16.2 Å². The molecule has 2 aromatic carbocycles. The lowest BCUT2D eigenvalue weighted by Gasteiger charge is -2.20. The maximum atomic E-state index is 12.4. The molecule has 0 fully saturated rings. The highest BCUT2D eigenvalue weighted by atomic mass is 35.5. The number of carbonyl (C=O) groups excluding carboxylic acids is 2. The lowest BCUT2D eigenvalue weighted by molar-refractivity contribution is -0.114. The Balaban J connectivity index is 1.55. The molecule has 9 heteroatoms. The summed E-state index contributed by atoms with van der Waals surface area (Å²) in [6.07, 6.45) is 2.21. The monoisotopic (exact) mass is 452 g/mol. The van der Waals surface area contributed by atoms with E-state index in [1.165, 1.54) is 22.8 Å². The number of hydrogen-bond acceptors (Lipinski definition) is 6. The molecule has 156 valence electrons. The molecule has 2 aliphatic heterocycles. The van der Waals surface area contributed by atoms with Gasteiger partial charge in [-0.15, -0.1) is 0 Å². The Morgan fingerprint density at radius 3 is 2.68 bits per heavy atom. The van der Waals surface area contributed by atoms with Crippen molar-refractivity contribution in [2.45, 2.75) is 20.3 Å². The second-order valence-corrected chi connectivity index (χ2v) is 8.26.